The van der Waals surface area contributed by atoms with Crippen molar-refractivity contribution in [1.82, 2.24) is 20.9 Å². The van der Waals surface area contributed by atoms with Crippen LogP contribution in [-0.2, 0) is 54.5 Å². The number of nitrogens with zero attached hydrogens (tertiary/aromatic N) is 1. The van der Waals surface area contributed by atoms with Crippen molar-refractivity contribution in [3.8, 4) is 11.1 Å². The van der Waals surface area contributed by atoms with E-state index in [-0.39, 0.29) is 38.5 Å². The van der Waals surface area contributed by atoms with E-state index in [0.717, 1.165) is 27.8 Å². The van der Waals surface area contributed by atoms with Crippen molar-refractivity contribution in [2.24, 2.45) is 5.92 Å². The smallest absolute Gasteiger partial charge is 0.307 e. The average molecular weight is 794 g/mol. The summed E-state index contributed by atoms with van der Waals surface area (Å²) in [5.41, 5.74) is 5.10. The first-order chi connectivity index (χ1) is 28.6. The molecule has 2 aliphatic heterocycles. The highest BCUT2D eigenvalue weighted by Crippen LogP contribution is 2.21. The molecule has 5 aromatic rings. The van der Waals surface area contributed by atoms with E-state index in [2.05, 4.69) is 26.3 Å². The second-order valence-corrected chi connectivity index (χ2v) is 14.7. The summed E-state index contributed by atoms with van der Waals surface area (Å²) in [6.07, 6.45) is 1.24. The van der Waals surface area contributed by atoms with E-state index in [1.54, 1.807) is 24.3 Å². The number of pyridine rings is 1. The molecule has 59 heavy (non-hydrogen) atoms. The molecule has 3 heterocycles. The Hall–Kier alpha value is -6.95. The summed E-state index contributed by atoms with van der Waals surface area (Å²) in [5, 5.41) is 21.4. The molecule has 302 valence electrons. The molecule has 4 amide bonds. The molecule has 12 heteroatoms. The first-order valence-electron chi connectivity index (χ1n) is 19.7. The number of anilines is 1. The topological polar surface area (TPSA) is 184 Å². The van der Waals surface area contributed by atoms with E-state index in [4.69, 9.17) is 0 Å². The van der Waals surface area contributed by atoms with Crippen molar-refractivity contribution in [3.63, 3.8) is 0 Å². The van der Waals surface area contributed by atoms with Crippen LogP contribution in [0.25, 0.3) is 11.1 Å². The molecule has 0 saturated heterocycles. The second-order valence-electron chi connectivity index (χ2n) is 14.7. The lowest BCUT2D eigenvalue weighted by atomic mass is 9.91. The Morgan fingerprint density at radius 1 is 0.576 bits per heavy atom. The highest BCUT2D eigenvalue weighted by molar-refractivity contribution is 5.97. The number of hydrogen-bond acceptors (Lipinski definition) is 7. The van der Waals surface area contributed by atoms with Gasteiger partial charge in [-0.3, -0.25) is 33.8 Å². The van der Waals surface area contributed by atoms with Gasteiger partial charge in [0.05, 0.1) is 23.8 Å². The van der Waals surface area contributed by atoms with Gasteiger partial charge in [-0.25, -0.2) is 0 Å². The second kappa shape index (κ2) is 20.5. The zero-order valence-electron chi connectivity index (χ0n) is 32.5. The van der Waals surface area contributed by atoms with Crippen LogP contribution in [0.15, 0.2) is 134 Å². The highest BCUT2D eigenvalue weighted by Gasteiger charge is 2.32. The predicted octanol–water partition coefficient (Wildman–Crippen LogP) is 5.26. The lowest BCUT2D eigenvalue weighted by molar-refractivity contribution is -0.144. The number of nitrogens with one attached hydrogen (secondary N) is 4. The summed E-state index contributed by atoms with van der Waals surface area (Å²) in [5.74, 6) is -5.13. The SMILES string of the molecule is O=C1CCC(=O)N[C@H](CCc2ccccc2)C(=O)N[C@@H](Cc2ccc(-c3ccccc3)cc2)C(=O)N[C@H](Cc2ccccc2)C(=O)C[C@H](C(=O)O)Cc2ccc(cn2)N1. The molecule has 0 radical (unpaired) electrons. The third kappa shape index (κ3) is 12.5. The molecule has 2 aliphatic rings. The maximum atomic E-state index is 14.5. The van der Waals surface area contributed by atoms with E-state index >= 15 is 0 Å². The molecule has 7 rings (SSSR count). The number of rotatable bonds is 9. The molecule has 0 fully saturated rings. The summed E-state index contributed by atoms with van der Waals surface area (Å²) < 4.78 is 0. The van der Waals surface area contributed by atoms with Crippen molar-refractivity contribution in [1.29, 1.82) is 0 Å². The molecule has 0 saturated carbocycles. The molecule has 4 aromatic carbocycles. The molecule has 5 N–H and O–H groups in total. The minimum Gasteiger partial charge on any atom is -0.481 e. The molecule has 4 atom stereocenters. The summed E-state index contributed by atoms with van der Waals surface area (Å²) in [4.78, 5) is 85.8. The van der Waals surface area contributed by atoms with Crippen LogP contribution in [0.2, 0.25) is 0 Å². The number of amides is 4. The van der Waals surface area contributed by atoms with Crippen LogP contribution in [0.5, 0.6) is 0 Å². The summed E-state index contributed by atoms with van der Waals surface area (Å²) in [6, 6.07) is 35.6. The zero-order chi connectivity index (χ0) is 41.6. The number of carbonyl (C=O) groups is 6. The van der Waals surface area contributed by atoms with Gasteiger partial charge in [-0.05, 0) is 59.2 Å². The van der Waals surface area contributed by atoms with Gasteiger partial charge in [0.15, 0.2) is 5.78 Å². The Morgan fingerprint density at radius 3 is 1.78 bits per heavy atom. The largest absolute Gasteiger partial charge is 0.481 e. The molecular weight excluding hydrogens is 747 g/mol. The van der Waals surface area contributed by atoms with Crippen LogP contribution in [0.1, 0.15) is 48.1 Å². The monoisotopic (exact) mass is 793 g/mol. The number of ketones is 1. The van der Waals surface area contributed by atoms with Gasteiger partial charge in [0.1, 0.15) is 12.1 Å². The number of carboxylic acid groups (broad SMARTS) is 1. The molecular formula is C47H47N5O7. The van der Waals surface area contributed by atoms with Gasteiger partial charge in [0.2, 0.25) is 23.6 Å². The average Bonchev–Trinajstić information content (AvgIpc) is 3.25. The van der Waals surface area contributed by atoms with Crippen LogP contribution in [0.3, 0.4) is 0 Å². The first-order valence-corrected chi connectivity index (χ1v) is 19.7. The van der Waals surface area contributed by atoms with E-state index in [9.17, 15) is 33.9 Å². The number of fused-ring (bicyclic) bond motifs is 18. The van der Waals surface area contributed by atoms with Crippen LogP contribution >= 0.6 is 0 Å². The fourth-order valence-corrected chi connectivity index (χ4v) is 6.99. The predicted molar refractivity (Wildman–Crippen MR) is 223 cm³/mol. The quantitative estimate of drug-likeness (QED) is 0.125. The Kier molecular flexibility index (Phi) is 14.5. The van der Waals surface area contributed by atoms with Crippen molar-refractivity contribution < 1.29 is 33.9 Å². The maximum absolute atomic E-state index is 14.5. The van der Waals surface area contributed by atoms with Crippen molar-refractivity contribution in [2.75, 3.05) is 5.32 Å². The summed E-state index contributed by atoms with van der Waals surface area (Å²) >= 11 is 0. The van der Waals surface area contributed by atoms with Gasteiger partial charge in [-0.1, -0.05) is 115 Å². The number of aliphatic carboxylic acids is 1. The number of carbonyl (C=O) groups excluding carboxylic acids is 5. The number of hydrogen-bond donors (Lipinski definition) is 5. The lowest BCUT2D eigenvalue weighted by Crippen LogP contribution is -2.57. The minimum atomic E-state index is -1.21. The molecule has 1 aromatic heterocycles. The fraction of sp³-hybridized carbons (Fsp3) is 0.255. The highest BCUT2D eigenvalue weighted by atomic mass is 16.4. The first kappa shape index (κ1) is 41.7. The number of carboxylic acids is 1. The normalized spacial score (nSPS) is 19.7. The third-order valence-electron chi connectivity index (χ3n) is 10.3. The van der Waals surface area contributed by atoms with Crippen molar-refractivity contribution in [3.05, 3.63) is 156 Å². The van der Waals surface area contributed by atoms with Gasteiger partial charge in [-0.15, -0.1) is 0 Å². The van der Waals surface area contributed by atoms with Gasteiger partial charge in [0, 0.05) is 37.8 Å². The summed E-state index contributed by atoms with van der Waals surface area (Å²) in [7, 11) is 0. The lowest BCUT2D eigenvalue weighted by Gasteiger charge is -2.26. The minimum absolute atomic E-state index is 0.0393. The van der Waals surface area contributed by atoms with Crippen LogP contribution in [0, 0.1) is 5.92 Å². The molecule has 2 bridgehead atoms. The number of benzene rings is 4. The standard InChI is InChI=1S/C47H47N5O7/c53-42-29-36(47(58)59)28-37-21-22-38(30-48-37)49-43(54)24-25-44(55)50-39(23-18-31-10-4-1-5-11-31)45(56)52-41(46(57)51-40(42)26-32-12-6-2-7-13-32)27-33-16-19-35(20-17-33)34-14-8-3-9-15-34/h1-17,19-22,30,36,39-41H,18,23-29H2,(H,49,54)(H,50,55)(H,51,57)(H,52,56)(H,58,59)/t36-,39-,40-,41+/m1/s1. The van der Waals surface area contributed by atoms with E-state index in [0.29, 0.717) is 17.8 Å². The van der Waals surface area contributed by atoms with E-state index in [1.807, 2.05) is 103 Å². The van der Waals surface area contributed by atoms with Gasteiger partial charge in [0.25, 0.3) is 0 Å². The molecule has 0 unspecified atom stereocenters. The Labute approximate surface area is 342 Å². The molecule has 12 nitrogen and oxygen atoms in total. The van der Waals surface area contributed by atoms with Crippen LogP contribution < -0.4 is 21.3 Å². The fourth-order valence-electron chi connectivity index (χ4n) is 6.99. The number of Topliss-reactive ketones (excluding diaryl/α,β-unsaturated/α-hetero) is 1. The van der Waals surface area contributed by atoms with E-state index < -0.39 is 65.8 Å². The van der Waals surface area contributed by atoms with Crippen LogP contribution in [0.4, 0.5) is 5.69 Å². The maximum Gasteiger partial charge on any atom is 0.307 e. The Balaban J connectivity index is 1.34. The number of aromatic nitrogens is 1. The van der Waals surface area contributed by atoms with Crippen molar-refractivity contribution in [2.45, 2.75) is 69.5 Å². The number of aryl methyl sites for hydroxylation is 1. The van der Waals surface area contributed by atoms with Gasteiger partial charge >= 0.3 is 5.97 Å². The Bertz CT molecular complexity index is 2220. The van der Waals surface area contributed by atoms with E-state index in [1.165, 1.54) is 6.20 Å². The van der Waals surface area contributed by atoms with Gasteiger partial charge in [-0.2, -0.15) is 0 Å². The molecule has 0 aliphatic carbocycles. The van der Waals surface area contributed by atoms with Crippen LogP contribution in [-0.4, -0.2) is 63.6 Å². The third-order valence-corrected chi connectivity index (χ3v) is 10.3. The van der Waals surface area contributed by atoms with Gasteiger partial charge < -0.3 is 26.4 Å². The summed E-state index contributed by atoms with van der Waals surface area (Å²) in [6.45, 7) is 0. The molecule has 0 spiro atoms. The zero-order valence-corrected chi connectivity index (χ0v) is 32.5. The Morgan fingerprint density at radius 2 is 1.14 bits per heavy atom. The van der Waals surface area contributed by atoms with Crippen molar-refractivity contribution >= 4 is 41.1 Å².